The zero-order valence-electron chi connectivity index (χ0n) is 48.2. The summed E-state index contributed by atoms with van der Waals surface area (Å²) >= 11 is 0. The second-order valence-electron chi connectivity index (χ2n) is 22.9. The first-order valence-corrected chi connectivity index (χ1v) is 28.1. The number of nitrogens with zero attached hydrogens (tertiary/aromatic N) is 1. The Morgan fingerprint density at radius 1 is 0.436 bits per heavy atom. The van der Waals surface area contributed by atoms with Crippen LogP contribution in [-0.4, -0.2) is 195 Å². The normalized spacial score (nSPS) is 42.2. The number of benzene rings is 2. The minimum atomic E-state index is -0.972. The van der Waals surface area contributed by atoms with Gasteiger partial charge in [0.25, 0.3) is 11.8 Å². The summed E-state index contributed by atoms with van der Waals surface area (Å²) in [5, 5.41) is 11.5. The molecular weight excluding hydrogens is 1010 g/mol. The van der Waals surface area contributed by atoms with Crippen molar-refractivity contribution in [2.24, 2.45) is 47.3 Å². The van der Waals surface area contributed by atoms with Gasteiger partial charge in [-0.25, -0.2) is 0 Å². The monoisotopic (exact) mass is 1100 g/mol. The highest BCUT2D eigenvalue weighted by molar-refractivity contribution is 6.21. The summed E-state index contributed by atoms with van der Waals surface area (Å²) in [6.45, 7) is 19.9. The molecule has 2 amide bonds. The third-order valence-corrected chi connectivity index (χ3v) is 18.1. The van der Waals surface area contributed by atoms with Crippen molar-refractivity contribution in [1.29, 1.82) is 0 Å². The summed E-state index contributed by atoms with van der Waals surface area (Å²) in [4.78, 5) is 27.9. The molecule has 0 aliphatic carbocycles. The van der Waals surface area contributed by atoms with Crippen molar-refractivity contribution in [2.45, 2.75) is 173 Å². The SMILES string of the molecule is COCC1O[C@@H](O[C@H]2C(C)C(C)[C@@H](O[C@H]3C(C)C(OC)[C@@H](O[C@H]4C(COCc5ccccc5)O[C@@H](C)C(C)[C@H]4C)O[C@@H]3COC)O[C@@H]2COC)C(OC)[C@@H](C)[C@H]1O[C@@H]1OC(CN2C(=O)c3ccccc3C2=O)[C@H](O)[C@H](C)C1C. The molecule has 0 spiro atoms. The van der Waals surface area contributed by atoms with Crippen LogP contribution < -0.4 is 0 Å². The Bertz CT molecular complexity index is 2170. The Balaban J connectivity index is 0.931. The summed E-state index contributed by atoms with van der Waals surface area (Å²) in [6.07, 6.45) is -10.3. The first kappa shape index (κ1) is 61.0. The number of rotatable bonds is 22. The van der Waals surface area contributed by atoms with Crippen LogP contribution in [0.2, 0.25) is 0 Å². The highest BCUT2D eigenvalue weighted by atomic mass is 16.8. The third-order valence-electron chi connectivity index (χ3n) is 18.1. The number of carbonyl (C=O) groups is 2. The maximum Gasteiger partial charge on any atom is 0.261 e. The van der Waals surface area contributed by atoms with E-state index in [9.17, 15) is 14.7 Å². The van der Waals surface area contributed by atoms with Crippen LogP contribution in [0.25, 0.3) is 0 Å². The van der Waals surface area contributed by atoms with Gasteiger partial charge in [0.2, 0.25) is 0 Å². The van der Waals surface area contributed by atoms with Crippen molar-refractivity contribution in [3.63, 3.8) is 0 Å². The van der Waals surface area contributed by atoms with Gasteiger partial charge >= 0.3 is 0 Å². The smallest absolute Gasteiger partial charge is 0.261 e. The summed E-state index contributed by atoms with van der Waals surface area (Å²) in [5.41, 5.74) is 1.74. The van der Waals surface area contributed by atoms with Gasteiger partial charge in [-0.05, 0) is 48.3 Å². The molecule has 5 fully saturated rings. The molecule has 25 atom stereocenters. The lowest BCUT2D eigenvalue weighted by Crippen LogP contribution is -2.63. The van der Waals surface area contributed by atoms with E-state index in [1.54, 1.807) is 59.8 Å². The van der Waals surface area contributed by atoms with E-state index in [2.05, 4.69) is 41.5 Å². The number of hydrogen-bond acceptors (Lipinski definition) is 18. The zero-order chi connectivity index (χ0) is 56.1. The van der Waals surface area contributed by atoms with E-state index in [1.165, 1.54) is 0 Å². The first-order chi connectivity index (χ1) is 37.5. The van der Waals surface area contributed by atoms with E-state index < -0.39 is 98.0 Å². The molecule has 2 aromatic rings. The highest BCUT2D eigenvalue weighted by Gasteiger charge is 2.55. The van der Waals surface area contributed by atoms with E-state index in [-0.39, 0.29) is 92.0 Å². The molecule has 0 bridgehead atoms. The third kappa shape index (κ3) is 12.9. The molecule has 19 heteroatoms. The van der Waals surface area contributed by atoms with Gasteiger partial charge in [-0.15, -0.1) is 0 Å². The first-order valence-electron chi connectivity index (χ1n) is 28.1. The maximum absolute atomic E-state index is 13.4. The van der Waals surface area contributed by atoms with Gasteiger partial charge in [-0.2, -0.15) is 0 Å². The van der Waals surface area contributed by atoms with E-state index in [4.69, 9.17) is 71.1 Å². The Morgan fingerprint density at radius 2 is 0.833 bits per heavy atom. The molecular formula is C59H89NO18. The fourth-order valence-corrected chi connectivity index (χ4v) is 12.6. The number of methoxy groups -OCH3 is 5. The van der Waals surface area contributed by atoms with E-state index in [1.807, 2.05) is 51.1 Å². The van der Waals surface area contributed by atoms with E-state index in [0.29, 0.717) is 24.3 Å². The summed E-state index contributed by atoms with van der Waals surface area (Å²) < 4.78 is 97.6. The number of ether oxygens (including phenoxy) is 15. The van der Waals surface area contributed by atoms with Crippen LogP contribution in [0.3, 0.4) is 0 Å². The molecule has 0 aromatic heterocycles. The number of hydrogen-bond donors (Lipinski definition) is 1. The minimum absolute atomic E-state index is 0.0124. The average Bonchev–Trinajstić information content (AvgIpc) is 3.73. The molecule has 0 saturated carbocycles. The van der Waals surface area contributed by atoms with E-state index >= 15 is 0 Å². The molecule has 6 heterocycles. The van der Waals surface area contributed by atoms with Gasteiger partial charge in [0.15, 0.2) is 25.2 Å². The number of amides is 2. The van der Waals surface area contributed by atoms with Gasteiger partial charge in [-0.1, -0.05) is 97.9 Å². The summed E-state index contributed by atoms with van der Waals surface area (Å²) in [6, 6.07) is 16.8. The van der Waals surface area contributed by atoms with Crippen molar-refractivity contribution >= 4 is 11.8 Å². The Labute approximate surface area is 461 Å². The minimum Gasteiger partial charge on any atom is -0.390 e. The molecule has 2 aromatic carbocycles. The molecule has 5 saturated heterocycles. The molecule has 19 nitrogen and oxygen atoms in total. The van der Waals surface area contributed by atoms with Crippen LogP contribution in [0.1, 0.15) is 88.6 Å². The van der Waals surface area contributed by atoms with Crippen LogP contribution >= 0.6 is 0 Å². The molecule has 78 heavy (non-hydrogen) atoms. The van der Waals surface area contributed by atoms with Gasteiger partial charge in [0, 0.05) is 59.2 Å². The topological polar surface area (TPSA) is 196 Å². The van der Waals surface area contributed by atoms with Crippen LogP contribution in [0.15, 0.2) is 54.6 Å². The van der Waals surface area contributed by atoms with Gasteiger partial charge in [0.1, 0.15) is 42.7 Å². The number of fused-ring (bicyclic) bond motifs is 1. The molecule has 438 valence electrons. The lowest BCUT2D eigenvalue weighted by atomic mass is 9.81. The van der Waals surface area contributed by atoms with Crippen LogP contribution in [-0.2, 0) is 77.7 Å². The molecule has 1 N–H and O–H groups in total. The molecule has 10 unspecified atom stereocenters. The van der Waals surface area contributed by atoms with Crippen LogP contribution in [0, 0.1) is 47.3 Å². The average molecular weight is 1100 g/mol. The summed E-state index contributed by atoms with van der Waals surface area (Å²) in [5.74, 6) is -2.01. The molecule has 0 radical (unpaired) electrons. The number of aliphatic hydroxyl groups excluding tert-OH is 1. The standard InChI is InChI=1S/C59H89NO18/c1-30-32(3)48(46(70-38(30)9)29-69-25-39-20-16-15-17-21-39)77-58-52(67-13)37(8)51(45(73-58)28-66-12)76-57-35(6)33(4)49(43(72-57)26-64-10)78-59-53(68-14)36(7)50(44(74-59)27-65-11)75-56-34(5)31(2)47(61)42(71-56)24-60-54(62)40-22-18-19-23-41(40)55(60)63/h15-23,30-38,42-53,56-59,61H,24-29H2,1-14H3/t30?,31-,32-,33?,34?,35?,36+,37?,38+,42?,43-,44?,45-,46?,47-,48-,49+,50-,51+,52?,53?,56+,57-,58-,59+/m1/s1. The predicted octanol–water partition coefficient (Wildman–Crippen LogP) is 6.15. The Hall–Kier alpha value is -3.06. The van der Waals surface area contributed by atoms with Crippen molar-refractivity contribution in [1.82, 2.24) is 4.90 Å². The quantitative estimate of drug-likeness (QED) is 0.132. The number of aliphatic hydroxyl groups is 1. The second-order valence-corrected chi connectivity index (χ2v) is 22.9. The van der Waals surface area contributed by atoms with E-state index in [0.717, 1.165) is 10.5 Å². The highest BCUT2D eigenvalue weighted by Crippen LogP contribution is 2.43. The number of imide groups is 1. The second kappa shape index (κ2) is 27.3. The van der Waals surface area contributed by atoms with Crippen molar-refractivity contribution < 1.29 is 85.7 Å². The largest absolute Gasteiger partial charge is 0.390 e. The molecule has 6 aliphatic heterocycles. The van der Waals surface area contributed by atoms with Crippen molar-refractivity contribution in [2.75, 3.05) is 68.5 Å². The maximum atomic E-state index is 13.4. The van der Waals surface area contributed by atoms with Gasteiger partial charge < -0.3 is 76.2 Å². The van der Waals surface area contributed by atoms with Crippen LogP contribution in [0.4, 0.5) is 0 Å². The molecule has 6 aliphatic rings. The summed E-state index contributed by atoms with van der Waals surface area (Å²) in [7, 11) is 8.14. The van der Waals surface area contributed by atoms with Gasteiger partial charge in [0.05, 0.1) is 87.3 Å². The molecule has 8 rings (SSSR count). The lowest BCUT2D eigenvalue weighted by molar-refractivity contribution is -0.376. The fourth-order valence-electron chi connectivity index (χ4n) is 12.6. The van der Waals surface area contributed by atoms with Crippen molar-refractivity contribution in [3.8, 4) is 0 Å². The predicted molar refractivity (Wildman–Crippen MR) is 283 cm³/mol. The lowest BCUT2D eigenvalue weighted by Gasteiger charge is -2.52. The number of carbonyl (C=O) groups excluding carboxylic acids is 2. The fraction of sp³-hybridized carbons (Fsp3) is 0.763. The Morgan fingerprint density at radius 3 is 1.31 bits per heavy atom. The zero-order valence-corrected chi connectivity index (χ0v) is 48.2. The van der Waals surface area contributed by atoms with Crippen LogP contribution in [0.5, 0.6) is 0 Å². The van der Waals surface area contributed by atoms with Crippen molar-refractivity contribution in [3.05, 3.63) is 71.3 Å². The van der Waals surface area contributed by atoms with Gasteiger partial charge in [-0.3, -0.25) is 14.5 Å². The Kier molecular flexibility index (Phi) is 21.4.